The Kier molecular flexibility index (Phi) is 3.69. The molecule has 0 saturated heterocycles. The molecule has 0 aliphatic rings. The van der Waals surface area contributed by atoms with Crippen molar-refractivity contribution < 1.29 is 9.53 Å². The van der Waals surface area contributed by atoms with Crippen LogP contribution in [0.5, 0.6) is 0 Å². The lowest BCUT2D eigenvalue weighted by Crippen LogP contribution is -2.07. The Hall–Kier alpha value is -1.31. The van der Waals surface area contributed by atoms with Crippen LogP contribution in [0.25, 0.3) is 0 Å². The van der Waals surface area contributed by atoms with Crippen molar-refractivity contribution >= 4 is 5.97 Å². The van der Waals surface area contributed by atoms with Crippen LogP contribution in [0.1, 0.15) is 34.8 Å². The second-order valence-corrected chi connectivity index (χ2v) is 3.45. The lowest BCUT2D eigenvalue weighted by Gasteiger charge is -2.06. The van der Waals surface area contributed by atoms with Crippen molar-refractivity contribution in [3.05, 3.63) is 34.9 Å². The van der Waals surface area contributed by atoms with Gasteiger partial charge < -0.3 is 4.74 Å². The van der Waals surface area contributed by atoms with Gasteiger partial charge in [-0.15, -0.1) is 0 Å². The molecular formula is C12H16O2. The van der Waals surface area contributed by atoms with Crippen molar-refractivity contribution in [2.45, 2.75) is 27.2 Å². The lowest BCUT2D eigenvalue weighted by atomic mass is 10.1. The minimum absolute atomic E-state index is 0.215. The maximum absolute atomic E-state index is 11.6. The van der Waals surface area contributed by atoms with Crippen molar-refractivity contribution in [3.63, 3.8) is 0 Å². The van der Waals surface area contributed by atoms with E-state index in [-0.39, 0.29) is 5.97 Å². The zero-order valence-electron chi connectivity index (χ0n) is 8.96. The monoisotopic (exact) mass is 192 g/mol. The average Bonchev–Trinajstić information content (AvgIpc) is 2.18. The van der Waals surface area contributed by atoms with E-state index < -0.39 is 0 Å². The molecule has 0 amide bonds. The van der Waals surface area contributed by atoms with Gasteiger partial charge >= 0.3 is 5.97 Å². The molecule has 1 aromatic carbocycles. The van der Waals surface area contributed by atoms with E-state index in [2.05, 4.69) is 0 Å². The van der Waals surface area contributed by atoms with Crippen LogP contribution in [0.2, 0.25) is 0 Å². The first-order valence-corrected chi connectivity index (χ1v) is 4.89. The number of esters is 1. The highest BCUT2D eigenvalue weighted by Gasteiger charge is 2.09. The summed E-state index contributed by atoms with van der Waals surface area (Å²) in [6.07, 6.45) is 0.858. The van der Waals surface area contributed by atoms with Gasteiger partial charge in [0.2, 0.25) is 0 Å². The molecule has 0 fully saturated rings. The maximum Gasteiger partial charge on any atom is 0.338 e. The summed E-state index contributed by atoms with van der Waals surface area (Å²) in [7, 11) is 0. The third-order valence-electron chi connectivity index (χ3n) is 2.05. The van der Waals surface area contributed by atoms with Gasteiger partial charge in [0, 0.05) is 0 Å². The summed E-state index contributed by atoms with van der Waals surface area (Å²) in [4.78, 5) is 11.6. The highest BCUT2D eigenvalue weighted by atomic mass is 16.5. The van der Waals surface area contributed by atoms with E-state index in [4.69, 9.17) is 4.74 Å². The van der Waals surface area contributed by atoms with Crippen molar-refractivity contribution in [2.24, 2.45) is 0 Å². The summed E-state index contributed by atoms with van der Waals surface area (Å²) in [5, 5.41) is 0. The van der Waals surface area contributed by atoms with Crippen LogP contribution in [0, 0.1) is 13.8 Å². The number of hydrogen-bond acceptors (Lipinski definition) is 2. The molecule has 2 heteroatoms. The van der Waals surface area contributed by atoms with Gasteiger partial charge in [-0.2, -0.15) is 0 Å². The van der Waals surface area contributed by atoms with Gasteiger partial charge in [0.25, 0.3) is 0 Å². The standard InChI is InChI=1S/C12H16O2/c1-4-7-14-12(13)11-8-9(2)5-6-10(11)3/h5-6,8H,4,7H2,1-3H3. The molecule has 1 aromatic rings. The van der Waals surface area contributed by atoms with E-state index >= 15 is 0 Å². The van der Waals surface area contributed by atoms with Crippen LogP contribution >= 0.6 is 0 Å². The van der Waals surface area contributed by atoms with Crippen LogP contribution < -0.4 is 0 Å². The molecule has 0 aromatic heterocycles. The average molecular weight is 192 g/mol. The first kappa shape index (κ1) is 10.8. The molecule has 2 nitrogen and oxygen atoms in total. The largest absolute Gasteiger partial charge is 0.462 e. The zero-order valence-corrected chi connectivity index (χ0v) is 8.96. The first-order valence-electron chi connectivity index (χ1n) is 4.89. The van der Waals surface area contributed by atoms with Crippen molar-refractivity contribution in [3.8, 4) is 0 Å². The first-order chi connectivity index (χ1) is 6.65. The zero-order chi connectivity index (χ0) is 10.6. The molecule has 0 spiro atoms. The van der Waals surface area contributed by atoms with Crippen LogP contribution in [0.15, 0.2) is 18.2 Å². The molecule has 0 saturated carbocycles. The summed E-state index contributed by atoms with van der Waals surface area (Å²) in [6.45, 7) is 6.36. The maximum atomic E-state index is 11.6. The molecule has 0 aliphatic carbocycles. The summed E-state index contributed by atoms with van der Waals surface area (Å²) in [5.41, 5.74) is 2.73. The van der Waals surface area contributed by atoms with Crippen LogP contribution in [0.3, 0.4) is 0 Å². The molecule has 76 valence electrons. The topological polar surface area (TPSA) is 26.3 Å². The fourth-order valence-corrected chi connectivity index (χ4v) is 1.23. The van der Waals surface area contributed by atoms with Crippen LogP contribution in [-0.2, 0) is 4.74 Å². The van der Waals surface area contributed by atoms with Crippen molar-refractivity contribution in [2.75, 3.05) is 6.61 Å². The number of carbonyl (C=O) groups excluding carboxylic acids is 1. The Bertz CT molecular complexity index is 329. The van der Waals surface area contributed by atoms with Gasteiger partial charge in [-0.1, -0.05) is 24.6 Å². The molecule has 0 heterocycles. The number of benzene rings is 1. The van der Waals surface area contributed by atoms with E-state index in [1.165, 1.54) is 0 Å². The molecule has 0 bridgehead atoms. The van der Waals surface area contributed by atoms with Gasteiger partial charge in [-0.25, -0.2) is 4.79 Å². The number of rotatable bonds is 3. The van der Waals surface area contributed by atoms with E-state index in [1.54, 1.807) is 0 Å². The third-order valence-corrected chi connectivity index (χ3v) is 2.05. The quantitative estimate of drug-likeness (QED) is 0.688. The Morgan fingerprint density at radius 2 is 2.07 bits per heavy atom. The van der Waals surface area contributed by atoms with Crippen LogP contribution in [0.4, 0.5) is 0 Å². The normalized spacial score (nSPS) is 9.93. The Morgan fingerprint density at radius 3 is 2.71 bits per heavy atom. The molecular weight excluding hydrogens is 176 g/mol. The number of hydrogen-bond donors (Lipinski definition) is 0. The predicted molar refractivity (Wildman–Crippen MR) is 56.5 cm³/mol. The van der Waals surface area contributed by atoms with Gasteiger partial charge in [0.05, 0.1) is 12.2 Å². The lowest BCUT2D eigenvalue weighted by molar-refractivity contribution is 0.0504. The van der Waals surface area contributed by atoms with Crippen molar-refractivity contribution in [1.82, 2.24) is 0 Å². The van der Waals surface area contributed by atoms with Gasteiger partial charge in [0.1, 0.15) is 0 Å². The number of carbonyl (C=O) groups is 1. The van der Waals surface area contributed by atoms with Gasteiger partial charge in [0.15, 0.2) is 0 Å². The minimum Gasteiger partial charge on any atom is -0.462 e. The molecule has 0 N–H and O–H groups in total. The van der Waals surface area contributed by atoms with Crippen molar-refractivity contribution in [1.29, 1.82) is 0 Å². The predicted octanol–water partition coefficient (Wildman–Crippen LogP) is 2.87. The van der Waals surface area contributed by atoms with Crippen LogP contribution in [-0.4, -0.2) is 12.6 Å². The summed E-state index contributed by atoms with van der Waals surface area (Å²) >= 11 is 0. The number of aryl methyl sites for hydroxylation is 2. The Morgan fingerprint density at radius 1 is 1.36 bits per heavy atom. The SMILES string of the molecule is CCCOC(=O)c1cc(C)ccc1C. The highest BCUT2D eigenvalue weighted by Crippen LogP contribution is 2.11. The van der Waals surface area contributed by atoms with Gasteiger partial charge in [-0.05, 0) is 31.9 Å². The second-order valence-electron chi connectivity index (χ2n) is 3.45. The van der Waals surface area contributed by atoms with E-state index in [1.807, 2.05) is 39.0 Å². The fraction of sp³-hybridized carbons (Fsp3) is 0.417. The molecule has 0 radical (unpaired) electrons. The molecule has 14 heavy (non-hydrogen) atoms. The molecule has 0 atom stereocenters. The third kappa shape index (κ3) is 2.59. The fourth-order valence-electron chi connectivity index (χ4n) is 1.23. The summed E-state index contributed by atoms with van der Waals surface area (Å²) < 4.78 is 5.07. The van der Waals surface area contributed by atoms with E-state index in [9.17, 15) is 4.79 Å². The Balaban J connectivity index is 2.83. The van der Waals surface area contributed by atoms with E-state index in [0.717, 1.165) is 17.5 Å². The molecule has 0 aliphatic heterocycles. The molecule has 1 rings (SSSR count). The second kappa shape index (κ2) is 4.80. The minimum atomic E-state index is -0.215. The summed E-state index contributed by atoms with van der Waals surface area (Å²) in [6, 6.07) is 5.80. The smallest absolute Gasteiger partial charge is 0.338 e. The van der Waals surface area contributed by atoms with Gasteiger partial charge in [-0.3, -0.25) is 0 Å². The molecule has 0 unspecified atom stereocenters. The summed E-state index contributed by atoms with van der Waals surface area (Å²) in [5.74, 6) is -0.215. The Labute approximate surface area is 84.9 Å². The highest BCUT2D eigenvalue weighted by molar-refractivity contribution is 5.91. The number of ether oxygens (including phenoxy) is 1. The van der Waals surface area contributed by atoms with E-state index in [0.29, 0.717) is 12.2 Å².